The van der Waals surface area contributed by atoms with Gasteiger partial charge in [0.2, 0.25) is 0 Å². The monoisotopic (exact) mass is 263 g/mol. The Hall–Kier alpha value is -1.58. The molecule has 1 heterocycles. The second-order valence-electron chi connectivity index (χ2n) is 3.30. The molecule has 0 fully saturated rings. The lowest BCUT2D eigenvalue weighted by atomic mass is 10.3. The molecule has 17 heavy (non-hydrogen) atoms. The third-order valence-corrected chi connectivity index (χ3v) is 3.33. The summed E-state index contributed by atoms with van der Waals surface area (Å²) in [6, 6.07) is 11.0. The first-order chi connectivity index (χ1) is 8.27. The second-order valence-corrected chi connectivity index (χ2v) is 4.65. The minimum Gasteiger partial charge on any atom is -0.360 e. The van der Waals surface area contributed by atoms with E-state index in [0.717, 1.165) is 10.6 Å². The predicted octanol–water partition coefficient (Wildman–Crippen LogP) is 4.21. The van der Waals surface area contributed by atoms with Gasteiger partial charge >= 0.3 is 0 Å². The highest BCUT2D eigenvalue weighted by Gasteiger charge is 2.01. The lowest BCUT2D eigenvalue weighted by molar-refractivity contribution is 0.105. The average molecular weight is 264 g/mol. The van der Waals surface area contributed by atoms with Crippen molar-refractivity contribution in [1.29, 1.82) is 0 Å². The number of ketones is 1. The summed E-state index contributed by atoms with van der Waals surface area (Å²) >= 11 is 7.39. The van der Waals surface area contributed by atoms with E-state index < -0.39 is 0 Å². The Balaban J connectivity index is 1.99. The summed E-state index contributed by atoms with van der Waals surface area (Å²) < 4.78 is 0. The molecule has 0 saturated carbocycles. The normalized spacial score (nSPS) is 10.6. The van der Waals surface area contributed by atoms with E-state index in [4.69, 9.17) is 11.6 Å². The minimum atomic E-state index is -0.0143. The average Bonchev–Trinajstić information content (AvgIpc) is 2.85. The van der Waals surface area contributed by atoms with Crippen LogP contribution in [0, 0.1) is 0 Å². The van der Waals surface area contributed by atoms with Crippen LogP contribution in [0.2, 0.25) is 5.02 Å². The van der Waals surface area contributed by atoms with Gasteiger partial charge < -0.3 is 5.32 Å². The van der Waals surface area contributed by atoms with Gasteiger partial charge in [-0.3, -0.25) is 4.79 Å². The van der Waals surface area contributed by atoms with E-state index in [1.165, 1.54) is 17.4 Å². The van der Waals surface area contributed by atoms with E-state index in [0.29, 0.717) is 5.02 Å². The Morgan fingerprint density at radius 1 is 1.24 bits per heavy atom. The SMILES string of the molecule is O=C(/C=C\Nc1ccccc1Cl)c1cccs1. The zero-order valence-corrected chi connectivity index (χ0v) is 10.5. The smallest absolute Gasteiger partial charge is 0.197 e. The van der Waals surface area contributed by atoms with E-state index in [1.54, 1.807) is 18.3 Å². The molecule has 2 aromatic rings. The highest BCUT2D eigenvalue weighted by Crippen LogP contribution is 2.20. The van der Waals surface area contributed by atoms with Crippen LogP contribution in [0.15, 0.2) is 54.1 Å². The van der Waals surface area contributed by atoms with Crippen molar-refractivity contribution >= 4 is 34.4 Å². The maximum atomic E-state index is 11.6. The quantitative estimate of drug-likeness (QED) is 0.661. The number of carbonyl (C=O) groups excluding carboxylic acids is 1. The van der Waals surface area contributed by atoms with Gasteiger partial charge in [0, 0.05) is 12.3 Å². The zero-order chi connectivity index (χ0) is 12.1. The third kappa shape index (κ3) is 3.19. The Kier molecular flexibility index (Phi) is 3.96. The largest absolute Gasteiger partial charge is 0.360 e. The van der Waals surface area contributed by atoms with E-state index in [-0.39, 0.29) is 5.78 Å². The number of rotatable bonds is 4. The summed E-state index contributed by atoms with van der Waals surface area (Å²) in [5.74, 6) is -0.0143. The van der Waals surface area contributed by atoms with Crippen molar-refractivity contribution < 1.29 is 4.79 Å². The van der Waals surface area contributed by atoms with Crippen LogP contribution < -0.4 is 5.32 Å². The number of para-hydroxylation sites is 1. The lowest BCUT2D eigenvalue weighted by Crippen LogP contribution is -1.93. The van der Waals surface area contributed by atoms with Gasteiger partial charge in [-0.2, -0.15) is 0 Å². The van der Waals surface area contributed by atoms with E-state index >= 15 is 0 Å². The molecule has 0 aliphatic heterocycles. The third-order valence-electron chi connectivity index (χ3n) is 2.11. The zero-order valence-electron chi connectivity index (χ0n) is 8.89. The van der Waals surface area contributed by atoms with E-state index in [2.05, 4.69) is 5.32 Å². The molecule has 0 amide bonds. The molecule has 0 saturated heterocycles. The number of allylic oxidation sites excluding steroid dienone is 1. The van der Waals surface area contributed by atoms with Crippen molar-refractivity contribution in [2.24, 2.45) is 0 Å². The summed E-state index contributed by atoms with van der Waals surface area (Å²) in [7, 11) is 0. The van der Waals surface area contributed by atoms with Crippen LogP contribution in [0.5, 0.6) is 0 Å². The number of halogens is 1. The molecular weight excluding hydrogens is 254 g/mol. The van der Waals surface area contributed by atoms with Crippen LogP contribution in [0.3, 0.4) is 0 Å². The summed E-state index contributed by atoms with van der Waals surface area (Å²) in [5.41, 5.74) is 0.782. The van der Waals surface area contributed by atoms with Crippen molar-refractivity contribution in [1.82, 2.24) is 0 Å². The molecule has 0 atom stereocenters. The number of anilines is 1. The molecular formula is C13H10ClNOS. The number of thiophene rings is 1. The summed E-state index contributed by atoms with van der Waals surface area (Å²) in [6.07, 6.45) is 3.10. The molecule has 1 N–H and O–H groups in total. The van der Waals surface area contributed by atoms with Crippen LogP contribution in [-0.2, 0) is 0 Å². The molecule has 0 unspecified atom stereocenters. The van der Waals surface area contributed by atoms with Gasteiger partial charge in [0.1, 0.15) is 0 Å². The summed E-state index contributed by atoms with van der Waals surface area (Å²) in [4.78, 5) is 12.4. The maximum Gasteiger partial charge on any atom is 0.197 e. The van der Waals surface area contributed by atoms with Crippen molar-refractivity contribution in [3.8, 4) is 0 Å². The first kappa shape index (κ1) is 11.9. The van der Waals surface area contributed by atoms with Gasteiger partial charge in [-0.25, -0.2) is 0 Å². The number of nitrogens with one attached hydrogen (secondary N) is 1. The number of hydrogen-bond acceptors (Lipinski definition) is 3. The first-order valence-corrected chi connectivity index (χ1v) is 6.28. The molecule has 0 radical (unpaired) electrons. The molecule has 0 aliphatic rings. The number of hydrogen-bond donors (Lipinski definition) is 1. The topological polar surface area (TPSA) is 29.1 Å². The molecule has 0 bridgehead atoms. The fourth-order valence-electron chi connectivity index (χ4n) is 1.29. The van der Waals surface area contributed by atoms with Gasteiger partial charge in [0.15, 0.2) is 5.78 Å². The highest BCUT2D eigenvalue weighted by molar-refractivity contribution is 7.12. The van der Waals surface area contributed by atoms with Gasteiger partial charge in [-0.05, 0) is 23.6 Å². The summed E-state index contributed by atoms with van der Waals surface area (Å²) in [5, 5.41) is 5.48. The van der Waals surface area contributed by atoms with Crippen molar-refractivity contribution in [3.63, 3.8) is 0 Å². The van der Waals surface area contributed by atoms with Gasteiger partial charge in [-0.15, -0.1) is 11.3 Å². The van der Waals surface area contributed by atoms with Gasteiger partial charge in [-0.1, -0.05) is 29.8 Å². The Morgan fingerprint density at radius 2 is 2.06 bits per heavy atom. The number of carbonyl (C=O) groups is 1. The fraction of sp³-hybridized carbons (Fsp3) is 0. The molecule has 1 aromatic heterocycles. The molecule has 2 rings (SSSR count). The number of benzene rings is 1. The molecule has 2 nitrogen and oxygen atoms in total. The van der Waals surface area contributed by atoms with Crippen LogP contribution in [0.1, 0.15) is 9.67 Å². The van der Waals surface area contributed by atoms with Crippen molar-refractivity contribution in [2.75, 3.05) is 5.32 Å². The maximum absolute atomic E-state index is 11.6. The second kappa shape index (κ2) is 5.66. The van der Waals surface area contributed by atoms with Gasteiger partial charge in [0.25, 0.3) is 0 Å². The Morgan fingerprint density at radius 3 is 2.76 bits per heavy atom. The van der Waals surface area contributed by atoms with E-state index in [1.807, 2.05) is 29.6 Å². The molecule has 86 valence electrons. The minimum absolute atomic E-state index is 0.0143. The predicted molar refractivity (Wildman–Crippen MR) is 72.9 cm³/mol. The van der Waals surface area contributed by atoms with Gasteiger partial charge in [0.05, 0.1) is 15.6 Å². The van der Waals surface area contributed by atoms with E-state index in [9.17, 15) is 4.79 Å². The Bertz CT molecular complexity index is 534. The fourth-order valence-corrected chi connectivity index (χ4v) is 2.12. The molecule has 0 aliphatic carbocycles. The molecule has 1 aromatic carbocycles. The van der Waals surface area contributed by atoms with Crippen LogP contribution in [0.4, 0.5) is 5.69 Å². The van der Waals surface area contributed by atoms with Crippen molar-refractivity contribution in [2.45, 2.75) is 0 Å². The highest BCUT2D eigenvalue weighted by atomic mass is 35.5. The van der Waals surface area contributed by atoms with Crippen LogP contribution in [0.25, 0.3) is 0 Å². The Labute approximate surface area is 109 Å². The molecule has 0 spiro atoms. The van der Waals surface area contributed by atoms with Crippen molar-refractivity contribution in [3.05, 3.63) is 64.0 Å². The summed E-state index contributed by atoms with van der Waals surface area (Å²) in [6.45, 7) is 0. The first-order valence-electron chi connectivity index (χ1n) is 5.03. The standard InChI is InChI=1S/C13H10ClNOS/c14-10-4-1-2-5-11(10)15-8-7-12(16)13-6-3-9-17-13/h1-9,15H/b8-7-. The lowest BCUT2D eigenvalue weighted by Gasteiger charge is -2.01. The molecule has 4 heteroatoms. The van der Waals surface area contributed by atoms with Crippen LogP contribution in [-0.4, -0.2) is 5.78 Å². The van der Waals surface area contributed by atoms with Crippen LogP contribution >= 0.6 is 22.9 Å².